The van der Waals surface area contributed by atoms with Crippen molar-refractivity contribution in [2.24, 2.45) is 4.99 Å². The fraction of sp³-hybridized carbons (Fsp3) is 0.899. The van der Waals surface area contributed by atoms with Crippen LogP contribution >= 0.6 is 0 Å². The topological polar surface area (TPSA) is 41.8 Å². The number of rotatable bonds is 74. The van der Waals surface area contributed by atoms with Crippen LogP contribution in [0.4, 0.5) is 0 Å². The molecular weight excluding hydrogens is 1110 g/mol. The Hall–Kier alpha value is -1.77. The standard InChI is InChI=1S/C89H169NO2/c1-9-17-25-33-41-49-57-65-73-81-82(74-66-58-50-42-34-26-18-10-2)87(86(78-70-62-54-46-38-30-22-14-6)88(91)84(81)76-68-60-52-44-36-28-20-12-4)83(75-67-59-51-43-35-27-19-11-3)85(77-69-61-53-45-37-29-21-13-5)89(90-79-71-63-55-47-39-31-23-15-7)92-80-72-64-56-48-40-32-24-16-8/h91H,9-80H2,1-8H3. The zero-order valence-electron chi connectivity index (χ0n) is 64.7. The molecule has 0 aliphatic rings. The number of phenolic OH excluding ortho intramolecular Hbond substituents is 1. The van der Waals surface area contributed by atoms with E-state index >= 15 is 0 Å². The summed E-state index contributed by atoms with van der Waals surface area (Å²) < 4.78 is 7.46. The van der Waals surface area contributed by atoms with Gasteiger partial charge in [-0.05, 0) is 118 Å². The summed E-state index contributed by atoms with van der Waals surface area (Å²) in [5, 5.41) is 13.8. The number of nitrogens with zero attached hydrogens (tertiary/aromatic N) is 1. The van der Waals surface area contributed by atoms with E-state index in [1.807, 2.05) is 0 Å². The number of aliphatic imine (C=N–C) groups is 1. The van der Waals surface area contributed by atoms with Gasteiger partial charge in [0, 0.05) is 17.7 Å². The first-order valence-corrected chi connectivity index (χ1v) is 43.3. The molecule has 0 amide bonds. The third-order valence-corrected chi connectivity index (χ3v) is 21.0. The zero-order valence-corrected chi connectivity index (χ0v) is 64.7. The van der Waals surface area contributed by atoms with Crippen LogP contribution in [-0.2, 0) is 30.4 Å². The van der Waals surface area contributed by atoms with Gasteiger partial charge in [-0.1, -0.05) is 415 Å². The summed E-state index contributed by atoms with van der Waals surface area (Å²) in [7, 11) is 0. The van der Waals surface area contributed by atoms with Gasteiger partial charge in [0.2, 0.25) is 5.90 Å². The predicted molar refractivity (Wildman–Crippen MR) is 418 cm³/mol. The van der Waals surface area contributed by atoms with Crippen molar-refractivity contribution in [1.82, 2.24) is 0 Å². The number of ether oxygens (including phenoxy) is 1. The van der Waals surface area contributed by atoms with Crippen LogP contribution in [0.5, 0.6) is 5.75 Å². The first kappa shape index (κ1) is 88.2. The molecule has 1 aromatic carbocycles. The molecule has 1 N–H and O–H groups in total. The molecule has 92 heavy (non-hydrogen) atoms. The molecule has 0 atom stereocenters. The van der Waals surface area contributed by atoms with Gasteiger partial charge in [0.25, 0.3) is 0 Å². The highest BCUT2D eigenvalue weighted by atomic mass is 16.5. The lowest BCUT2D eigenvalue weighted by molar-refractivity contribution is 0.289. The highest BCUT2D eigenvalue weighted by Gasteiger charge is 2.28. The highest BCUT2D eigenvalue weighted by Crippen LogP contribution is 2.44. The van der Waals surface area contributed by atoms with Crippen molar-refractivity contribution in [3.63, 3.8) is 0 Å². The lowest BCUT2D eigenvalue weighted by Gasteiger charge is -2.29. The van der Waals surface area contributed by atoms with Gasteiger partial charge in [0.15, 0.2) is 0 Å². The summed E-state index contributed by atoms with van der Waals surface area (Å²) in [4.78, 5) is 5.83. The average Bonchev–Trinajstić information content (AvgIpc) is 0.841. The fourth-order valence-corrected chi connectivity index (χ4v) is 14.9. The van der Waals surface area contributed by atoms with Gasteiger partial charge in [-0.3, -0.25) is 4.99 Å². The lowest BCUT2D eigenvalue weighted by atomic mass is 9.77. The Balaban J connectivity index is 4.62. The quantitative estimate of drug-likeness (QED) is 0.0401. The summed E-state index contributed by atoms with van der Waals surface area (Å²) in [6, 6.07) is 0. The maximum absolute atomic E-state index is 13.8. The first-order chi connectivity index (χ1) is 45.5. The average molecular weight is 1290 g/mol. The van der Waals surface area contributed by atoms with Gasteiger partial charge < -0.3 is 9.84 Å². The van der Waals surface area contributed by atoms with Crippen molar-refractivity contribution < 1.29 is 9.84 Å². The number of aromatic hydroxyl groups is 1. The summed E-state index contributed by atoms with van der Waals surface area (Å²) in [5.41, 5.74) is 10.6. The Labute approximate surface area is 580 Å². The van der Waals surface area contributed by atoms with Crippen molar-refractivity contribution in [1.29, 1.82) is 0 Å². The van der Waals surface area contributed by atoms with Crippen molar-refractivity contribution in [3.8, 4) is 5.75 Å². The Morgan fingerprint density at radius 3 is 0.837 bits per heavy atom. The predicted octanol–water partition coefficient (Wildman–Crippen LogP) is 31.6. The van der Waals surface area contributed by atoms with Crippen LogP contribution < -0.4 is 0 Å². The van der Waals surface area contributed by atoms with E-state index in [-0.39, 0.29) is 0 Å². The van der Waals surface area contributed by atoms with Crippen LogP contribution in [0, 0.1) is 0 Å². The van der Waals surface area contributed by atoms with Crippen LogP contribution in [0.3, 0.4) is 0 Å². The summed E-state index contributed by atoms with van der Waals surface area (Å²) >= 11 is 0. The molecule has 542 valence electrons. The van der Waals surface area contributed by atoms with E-state index in [4.69, 9.17) is 9.73 Å². The smallest absolute Gasteiger partial charge is 0.212 e. The molecule has 0 saturated heterocycles. The minimum atomic E-state index is 0.734. The minimum absolute atomic E-state index is 0.734. The van der Waals surface area contributed by atoms with Gasteiger partial charge >= 0.3 is 0 Å². The molecule has 3 heteroatoms. The Bertz CT molecular complexity index is 1740. The third kappa shape index (κ3) is 49.7. The van der Waals surface area contributed by atoms with Gasteiger partial charge in [-0.2, -0.15) is 0 Å². The molecule has 0 unspecified atom stereocenters. The number of benzene rings is 1. The van der Waals surface area contributed by atoms with Crippen LogP contribution in [0.1, 0.15) is 507 Å². The molecule has 3 nitrogen and oxygen atoms in total. The Morgan fingerprint density at radius 1 is 0.250 bits per heavy atom. The summed E-state index contributed by atoms with van der Waals surface area (Å²) in [5.74, 6) is 1.76. The van der Waals surface area contributed by atoms with Crippen molar-refractivity contribution in [3.05, 3.63) is 33.4 Å². The molecule has 0 aliphatic heterocycles. The Morgan fingerprint density at radius 2 is 0.500 bits per heavy atom. The van der Waals surface area contributed by atoms with Gasteiger partial charge in [-0.25, -0.2) is 0 Å². The molecular formula is C89H169NO2. The number of phenols is 1. The third-order valence-electron chi connectivity index (χ3n) is 21.0. The van der Waals surface area contributed by atoms with E-state index in [0.717, 1.165) is 76.2 Å². The van der Waals surface area contributed by atoms with E-state index in [2.05, 4.69) is 55.4 Å². The second-order valence-electron chi connectivity index (χ2n) is 29.9. The first-order valence-electron chi connectivity index (χ1n) is 43.3. The van der Waals surface area contributed by atoms with Crippen molar-refractivity contribution in [2.75, 3.05) is 13.2 Å². The number of allylic oxidation sites excluding steroid dienone is 1. The van der Waals surface area contributed by atoms with E-state index in [9.17, 15) is 5.11 Å². The molecule has 0 radical (unpaired) electrons. The largest absolute Gasteiger partial charge is 0.507 e. The fourth-order valence-electron chi connectivity index (χ4n) is 14.9. The zero-order chi connectivity index (χ0) is 66.5. The van der Waals surface area contributed by atoms with E-state index in [1.165, 1.54) is 420 Å². The van der Waals surface area contributed by atoms with Crippen molar-refractivity contribution in [2.45, 2.75) is 505 Å². The molecule has 0 aliphatic carbocycles. The van der Waals surface area contributed by atoms with Crippen LogP contribution in [0.25, 0.3) is 5.57 Å². The molecule has 0 bridgehead atoms. The number of unbranched alkanes of at least 4 members (excludes halogenated alkanes) is 56. The van der Waals surface area contributed by atoms with Crippen molar-refractivity contribution >= 4 is 11.5 Å². The second-order valence-corrected chi connectivity index (χ2v) is 29.9. The SMILES string of the molecule is CCCCCCCCCCN=C(OCCCCCCCCCC)C(CCCCCCCCCC)=C(CCCCCCCCCC)c1c(CCCCCCCCCC)c(O)c(CCCCCCCCCC)c(CCCCCCCCCC)c1CCCCCCCCCC. The Kier molecular flexibility index (Phi) is 67.7. The molecule has 0 fully saturated rings. The van der Waals surface area contributed by atoms with Crippen LogP contribution in [0.2, 0.25) is 0 Å². The second kappa shape index (κ2) is 70.5. The maximum atomic E-state index is 13.8. The number of hydrogen-bond acceptors (Lipinski definition) is 3. The lowest BCUT2D eigenvalue weighted by Crippen LogP contribution is -2.17. The van der Waals surface area contributed by atoms with Gasteiger partial charge in [0.05, 0.1) is 6.61 Å². The van der Waals surface area contributed by atoms with E-state index < -0.39 is 0 Å². The normalized spacial score (nSPS) is 12.3. The molecule has 0 aromatic heterocycles. The van der Waals surface area contributed by atoms with Gasteiger partial charge in [0.1, 0.15) is 5.75 Å². The molecule has 1 rings (SSSR count). The molecule has 0 heterocycles. The molecule has 0 saturated carbocycles. The highest BCUT2D eigenvalue weighted by molar-refractivity contribution is 6.02. The van der Waals surface area contributed by atoms with Crippen LogP contribution in [-0.4, -0.2) is 24.2 Å². The summed E-state index contributed by atoms with van der Waals surface area (Å²) in [6.45, 7) is 20.5. The monoisotopic (exact) mass is 1280 g/mol. The van der Waals surface area contributed by atoms with E-state index in [1.54, 1.807) is 16.7 Å². The van der Waals surface area contributed by atoms with Crippen LogP contribution in [0.15, 0.2) is 10.6 Å². The molecule has 0 spiro atoms. The molecule has 1 aromatic rings. The number of hydrogen-bond donors (Lipinski definition) is 1. The van der Waals surface area contributed by atoms with Gasteiger partial charge in [-0.15, -0.1) is 0 Å². The summed E-state index contributed by atoms with van der Waals surface area (Å²) in [6.07, 6.45) is 91.5. The minimum Gasteiger partial charge on any atom is -0.507 e. The maximum Gasteiger partial charge on any atom is 0.212 e. The van der Waals surface area contributed by atoms with E-state index in [0.29, 0.717) is 0 Å².